The molecule has 0 saturated heterocycles. The summed E-state index contributed by atoms with van der Waals surface area (Å²) in [6, 6.07) is 1.83. The van der Waals surface area contributed by atoms with Gasteiger partial charge in [0.15, 0.2) is 0 Å². The Labute approximate surface area is 137 Å². The largest absolute Gasteiger partial charge is 0.351 e. The summed E-state index contributed by atoms with van der Waals surface area (Å²) in [5.41, 5.74) is 0.938. The lowest BCUT2D eigenvalue weighted by atomic mass is 9.90. The smallest absolute Gasteiger partial charge is 0.253 e. The van der Waals surface area contributed by atoms with Gasteiger partial charge in [-0.15, -0.1) is 11.3 Å². The second-order valence-electron chi connectivity index (χ2n) is 5.31. The van der Waals surface area contributed by atoms with Crippen molar-refractivity contribution in [3.05, 3.63) is 19.2 Å². The van der Waals surface area contributed by atoms with E-state index < -0.39 is 0 Å². The quantitative estimate of drug-likeness (QED) is 0.613. The van der Waals surface area contributed by atoms with Crippen LogP contribution in [0.25, 0.3) is 0 Å². The molecule has 1 heterocycles. The Balaban J connectivity index is 2.49. The van der Waals surface area contributed by atoms with Gasteiger partial charge in [-0.3, -0.25) is 4.79 Å². The summed E-state index contributed by atoms with van der Waals surface area (Å²) in [6.45, 7) is 7.21. The lowest BCUT2D eigenvalue weighted by Gasteiger charge is -2.22. The Morgan fingerprint density at radius 2 is 2.06 bits per heavy atom. The van der Waals surface area contributed by atoms with Crippen LogP contribution >= 0.6 is 59.1 Å². The van der Waals surface area contributed by atoms with Gasteiger partial charge in [0, 0.05) is 11.4 Å². The molecule has 1 N–H and O–H groups in total. The van der Waals surface area contributed by atoms with Gasteiger partial charge in [0.25, 0.3) is 5.91 Å². The number of nitrogens with one attached hydrogen (secondary N) is 1. The molecule has 1 aromatic heterocycles. The van der Waals surface area contributed by atoms with Crippen molar-refractivity contribution in [1.82, 2.24) is 5.32 Å². The van der Waals surface area contributed by atoms with Crippen LogP contribution in [0.1, 0.15) is 37.6 Å². The highest BCUT2D eigenvalue weighted by atomic mass is 79.9. The van der Waals surface area contributed by atoms with Gasteiger partial charge in [-0.1, -0.05) is 36.7 Å². The van der Waals surface area contributed by atoms with E-state index in [2.05, 4.69) is 73.9 Å². The maximum Gasteiger partial charge on any atom is 0.253 e. The van der Waals surface area contributed by atoms with Gasteiger partial charge in [0.05, 0.1) is 13.1 Å². The third-order valence-electron chi connectivity index (χ3n) is 2.22. The van der Waals surface area contributed by atoms with Crippen LogP contribution in [0.4, 0.5) is 0 Å². The van der Waals surface area contributed by atoms with Crippen molar-refractivity contribution in [2.45, 2.75) is 32.0 Å². The Morgan fingerprint density at radius 3 is 2.50 bits per heavy atom. The van der Waals surface area contributed by atoms with E-state index in [0.29, 0.717) is 16.9 Å². The molecular formula is C12H16Br3NOS. The lowest BCUT2D eigenvalue weighted by Crippen LogP contribution is -2.31. The van der Waals surface area contributed by atoms with Gasteiger partial charge < -0.3 is 5.32 Å². The summed E-state index contributed by atoms with van der Waals surface area (Å²) in [4.78, 5) is 12.3. The Morgan fingerprint density at radius 1 is 1.44 bits per heavy atom. The summed E-state index contributed by atoms with van der Waals surface area (Å²) >= 11 is 11.9. The van der Waals surface area contributed by atoms with Crippen molar-refractivity contribution < 1.29 is 4.79 Å². The molecule has 0 aromatic carbocycles. The molecule has 1 rings (SSSR count). The fraction of sp³-hybridized carbons (Fsp3) is 0.583. The zero-order chi connectivity index (χ0) is 13.9. The topological polar surface area (TPSA) is 29.1 Å². The van der Waals surface area contributed by atoms with Crippen LogP contribution in [0, 0.1) is 5.41 Å². The maximum atomic E-state index is 12.0. The molecule has 0 fully saturated rings. The standard InChI is InChI=1S/C12H16Br3NOS/c1-12(2,3)5-7(13)6-16-11(17)8-4-9(14)18-10(8)15/h4,7H,5-6H2,1-3H3,(H,16,17). The van der Waals surface area contributed by atoms with Crippen molar-refractivity contribution in [3.63, 3.8) is 0 Å². The van der Waals surface area contributed by atoms with Crippen LogP contribution in [-0.4, -0.2) is 17.3 Å². The van der Waals surface area contributed by atoms with Gasteiger partial charge in [-0.05, 0) is 49.8 Å². The number of rotatable bonds is 4. The van der Waals surface area contributed by atoms with Crippen molar-refractivity contribution in [1.29, 1.82) is 0 Å². The molecule has 2 nitrogen and oxygen atoms in total. The summed E-state index contributed by atoms with van der Waals surface area (Å²) < 4.78 is 1.80. The molecule has 0 aliphatic rings. The summed E-state index contributed by atoms with van der Waals surface area (Å²) in [5, 5.41) is 2.95. The molecular weight excluding hydrogens is 446 g/mol. The zero-order valence-electron chi connectivity index (χ0n) is 10.5. The van der Waals surface area contributed by atoms with Crippen LogP contribution in [0.3, 0.4) is 0 Å². The molecule has 0 radical (unpaired) electrons. The monoisotopic (exact) mass is 459 g/mol. The normalized spacial score (nSPS) is 13.4. The van der Waals surface area contributed by atoms with Crippen molar-refractivity contribution in [2.75, 3.05) is 6.54 Å². The molecule has 1 unspecified atom stereocenters. The van der Waals surface area contributed by atoms with E-state index in [-0.39, 0.29) is 11.3 Å². The highest BCUT2D eigenvalue weighted by molar-refractivity contribution is 9.12. The van der Waals surface area contributed by atoms with E-state index in [1.54, 1.807) is 0 Å². The number of hydrogen-bond donors (Lipinski definition) is 1. The number of alkyl halides is 1. The minimum atomic E-state index is -0.0396. The van der Waals surface area contributed by atoms with Gasteiger partial charge >= 0.3 is 0 Å². The Bertz CT molecular complexity index is 425. The molecule has 0 saturated carbocycles. The third-order valence-corrected chi connectivity index (χ3v) is 5.21. The lowest BCUT2D eigenvalue weighted by molar-refractivity contribution is 0.0952. The summed E-state index contributed by atoms with van der Waals surface area (Å²) in [5.74, 6) is -0.0396. The molecule has 0 aliphatic heterocycles. The third kappa shape index (κ3) is 5.72. The van der Waals surface area contributed by atoms with Crippen molar-refractivity contribution >= 4 is 65.0 Å². The number of thiophene rings is 1. The average Bonchev–Trinajstić information content (AvgIpc) is 2.52. The first-order valence-electron chi connectivity index (χ1n) is 5.56. The first-order valence-corrected chi connectivity index (χ1v) is 8.88. The van der Waals surface area contributed by atoms with Gasteiger partial charge in [-0.25, -0.2) is 0 Å². The maximum absolute atomic E-state index is 12.0. The molecule has 1 aromatic rings. The second kappa shape index (κ2) is 6.86. The first-order chi connectivity index (χ1) is 8.19. The summed E-state index contributed by atoms with van der Waals surface area (Å²) in [7, 11) is 0. The number of hydrogen-bond acceptors (Lipinski definition) is 2. The molecule has 0 bridgehead atoms. The fourth-order valence-electron chi connectivity index (χ4n) is 1.53. The summed E-state index contributed by atoms with van der Waals surface area (Å²) in [6.07, 6.45) is 1.02. The van der Waals surface area contributed by atoms with E-state index >= 15 is 0 Å². The number of halogens is 3. The van der Waals surface area contributed by atoms with Crippen LogP contribution in [0.15, 0.2) is 13.6 Å². The number of carbonyl (C=O) groups is 1. The molecule has 1 amide bonds. The molecule has 6 heteroatoms. The molecule has 18 heavy (non-hydrogen) atoms. The van der Waals surface area contributed by atoms with E-state index in [9.17, 15) is 4.79 Å². The van der Waals surface area contributed by atoms with E-state index in [0.717, 1.165) is 14.0 Å². The highest BCUT2D eigenvalue weighted by Gasteiger charge is 2.18. The zero-order valence-corrected chi connectivity index (χ0v) is 16.1. The van der Waals surface area contributed by atoms with Gasteiger partial charge in [-0.2, -0.15) is 0 Å². The Hall–Kier alpha value is 0.610. The van der Waals surface area contributed by atoms with Gasteiger partial charge in [0.2, 0.25) is 0 Å². The van der Waals surface area contributed by atoms with Gasteiger partial charge in [0.1, 0.15) is 0 Å². The SMILES string of the molecule is CC(C)(C)CC(Br)CNC(=O)c1cc(Br)sc1Br. The molecule has 102 valence electrons. The molecule has 1 atom stereocenters. The van der Waals surface area contributed by atoms with E-state index in [1.807, 2.05) is 6.07 Å². The molecule has 0 aliphatic carbocycles. The average molecular weight is 462 g/mol. The predicted octanol–water partition coefficient (Wildman–Crippen LogP) is 5.20. The van der Waals surface area contributed by atoms with E-state index in [1.165, 1.54) is 11.3 Å². The van der Waals surface area contributed by atoms with Crippen LogP contribution in [-0.2, 0) is 0 Å². The Kier molecular flexibility index (Phi) is 6.35. The predicted molar refractivity (Wildman–Crippen MR) is 88.8 cm³/mol. The second-order valence-corrected chi connectivity index (χ2v) is 10.4. The minimum absolute atomic E-state index is 0.0396. The number of amides is 1. The highest BCUT2D eigenvalue weighted by Crippen LogP contribution is 2.31. The van der Waals surface area contributed by atoms with Crippen molar-refractivity contribution in [2.24, 2.45) is 5.41 Å². The minimum Gasteiger partial charge on any atom is -0.351 e. The van der Waals surface area contributed by atoms with Crippen LogP contribution < -0.4 is 5.32 Å². The molecule has 0 spiro atoms. The van der Waals surface area contributed by atoms with Crippen molar-refractivity contribution in [3.8, 4) is 0 Å². The first kappa shape index (κ1) is 16.7. The number of carbonyl (C=O) groups excluding carboxylic acids is 1. The van der Waals surface area contributed by atoms with Crippen LogP contribution in [0.2, 0.25) is 0 Å². The van der Waals surface area contributed by atoms with Crippen LogP contribution in [0.5, 0.6) is 0 Å². The van der Waals surface area contributed by atoms with E-state index in [4.69, 9.17) is 0 Å². The fourth-order valence-corrected chi connectivity index (χ4v) is 5.46.